The predicted octanol–water partition coefficient (Wildman–Crippen LogP) is 5.85. The van der Waals surface area contributed by atoms with E-state index in [1.165, 1.54) is 17.0 Å². The second kappa shape index (κ2) is 13.5. The summed E-state index contributed by atoms with van der Waals surface area (Å²) in [6.45, 7) is 3.14. The van der Waals surface area contributed by atoms with Crippen molar-refractivity contribution in [2.75, 3.05) is 10.8 Å². The molecule has 1 saturated carbocycles. The van der Waals surface area contributed by atoms with Crippen LogP contribution in [-0.4, -0.2) is 43.8 Å². The largest absolute Gasteiger partial charge is 0.352 e. The number of sulfonamides is 1. The molecule has 3 aromatic carbocycles. The first-order valence-corrected chi connectivity index (χ1v) is 15.6. The van der Waals surface area contributed by atoms with E-state index in [2.05, 4.69) is 5.32 Å². The summed E-state index contributed by atoms with van der Waals surface area (Å²) in [6, 6.07) is 17.5. The van der Waals surface area contributed by atoms with Crippen LogP contribution in [0, 0.1) is 12.7 Å². The van der Waals surface area contributed by atoms with Gasteiger partial charge in [-0.15, -0.1) is 0 Å². The van der Waals surface area contributed by atoms with Crippen LogP contribution in [0.5, 0.6) is 0 Å². The number of nitrogens with one attached hydrogen (secondary N) is 1. The maximum Gasteiger partial charge on any atom is 0.264 e. The second-order valence-corrected chi connectivity index (χ2v) is 12.6. The van der Waals surface area contributed by atoms with Crippen molar-refractivity contribution in [3.8, 4) is 0 Å². The van der Waals surface area contributed by atoms with E-state index >= 15 is 0 Å². The Hall–Kier alpha value is -3.43. The summed E-state index contributed by atoms with van der Waals surface area (Å²) in [4.78, 5) is 28.9. The monoisotopic (exact) mass is 599 g/mol. The highest BCUT2D eigenvalue weighted by Crippen LogP contribution is 2.27. The van der Waals surface area contributed by atoms with Crippen molar-refractivity contribution >= 4 is 39.1 Å². The summed E-state index contributed by atoms with van der Waals surface area (Å²) in [5, 5.41) is 3.52. The number of amides is 2. The maximum atomic E-state index is 14.1. The number of anilines is 1. The minimum absolute atomic E-state index is 0.0213. The van der Waals surface area contributed by atoms with Crippen LogP contribution in [0.1, 0.15) is 50.2 Å². The molecular weight excluding hydrogens is 565 g/mol. The lowest BCUT2D eigenvalue weighted by atomic mass is 10.1. The molecule has 0 aliphatic heterocycles. The van der Waals surface area contributed by atoms with Crippen LogP contribution >= 0.6 is 11.6 Å². The summed E-state index contributed by atoms with van der Waals surface area (Å²) in [5.74, 6) is -1.42. The first kappa shape index (κ1) is 30.5. The van der Waals surface area contributed by atoms with Crippen LogP contribution in [0.4, 0.5) is 10.1 Å². The zero-order valence-electron chi connectivity index (χ0n) is 23.2. The zero-order valence-corrected chi connectivity index (χ0v) is 24.8. The number of carbonyl (C=O) groups excluding carboxylic acids is 2. The lowest BCUT2D eigenvalue weighted by Gasteiger charge is -2.34. The molecule has 1 atom stereocenters. The fourth-order valence-electron chi connectivity index (χ4n) is 5.07. The van der Waals surface area contributed by atoms with E-state index in [1.54, 1.807) is 48.5 Å². The number of aryl methyl sites for hydroxylation is 1. The number of halogens is 2. The van der Waals surface area contributed by atoms with Gasteiger partial charge in [0.25, 0.3) is 10.0 Å². The topological polar surface area (TPSA) is 86.8 Å². The molecule has 0 unspecified atom stereocenters. The lowest BCUT2D eigenvalue weighted by molar-refractivity contribution is -0.140. The Labute approximate surface area is 246 Å². The molecule has 2 amide bonds. The molecule has 0 heterocycles. The van der Waals surface area contributed by atoms with E-state index in [0.29, 0.717) is 17.0 Å². The highest BCUT2D eigenvalue weighted by atomic mass is 35.5. The predicted molar refractivity (Wildman–Crippen MR) is 159 cm³/mol. The molecule has 41 heavy (non-hydrogen) atoms. The quantitative estimate of drug-likeness (QED) is 0.300. The van der Waals surface area contributed by atoms with Gasteiger partial charge < -0.3 is 10.2 Å². The number of hydrogen-bond donors (Lipinski definition) is 1. The molecule has 4 rings (SSSR count). The number of benzene rings is 3. The molecule has 1 fully saturated rings. The molecule has 3 aromatic rings. The Balaban J connectivity index is 1.72. The number of nitrogens with zero attached hydrogens (tertiary/aromatic N) is 2. The minimum atomic E-state index is -4.27. The van der Waals surface area contributed by atoms with Gasteiger partial charge >= 0.3 is 0 Å². The molecule has 218 valence electrons. The third-order valence-electron chi connectivity index (χ3n) is 7.39. The Morgan fingerprint density at radius 1 is 1.00 bits per heavy atom. The highest BCUT2D eigenvalue weighted by Gasteiger charge is 2.34. The van der Waals surface area contributed by atoms with Gasteiger partial charge in [-0.05, 0) is 74.2 Å². The van der Waals surface area contributed by atoms with Crippen molar-refractivity contribution in [2.45, 2.75) is 69.5 Å². The third kappa shape index (κ3) is 7.45. The smallest absolute Gasteiger partial charge is 0.264 e. The van der Waals surface area contributed by atoms with E-state index in [1.807, 2.05) is 13.8 Å². The maximum absolute atomic E-state index is 14.1. The second-order valence-electron chi connectivity index (χ2n) is 10.3. The summed E-state index contributed by atoms with van der Waals surface area (Å²) < 4.78 is 42.3. The van der Waals surface area contributed by atoms with E-state index in [0.717, 1.165) is 47.7 Å². The fourth-order valence-corrected chi connectivity index (χ4v) is 6.68. The third-order valence-corrected chi connectivity index (χ3v) is 9.55. The van der Waals surface area contributed by atoms with Gasteiger partial charge in [-0.3, -0.25) is 13.9 Å². The lowest BCUT2D eigenvalue weighted by Crippen LogP contribution is -2.53. The molecule has 1 aliphatic carbocycles. The van der Waals surface area contributed by atoms with Crippen LogP contribution in [0.15, 0.2) is 77.7 Å². The normalized spacial score (nSPS) is 14.4. The number of carbonyl (C=O) groups is 2. The number of hydrogen-bond acceptors (Lipinski definition) is 4. The van der Waals surface area contributed by atoms with Gasteiger partial charge in [0.05, 0.1) is 10.6 Å². The molecule has 1 N–H and O–H groups in total. The van der Waals surface area contributed by atoms with Crippen molar-refractivity contribution < 1.29 is 22.4 Å². The Morgan fingerprint density at radius 2 is 1.63 bits per heavy atom. The van der Waals surface area contributed by atoms with Gasteiger partial charge in [-0.25, -0.2) is 12.8 Å². The van der Waals surface area contributed by atoms with E-state index in [-0.39, 0.29) is 29.1 Å². The van der Waals surface area contributed by atoms with Crippen LogP contribution in [-0.2, 0) is 26.2 Å². The summed E-state index contributed by atoms with van der Waals surface area (Å²) in [7, 11) is -4.27. The van der Waals surface area contributed by atoms with Gasteiger partial charge in [-0.1, -0.05) is 67.3 Å². The van der Waals surface area contributed by atoms with Crippen LogP contribution < -0.4 is 9.62 Å². The highest BCUT2D eigenvalue weighted by molar-refractivity contribution is 7.92. The Morgan fingerprint density at radius 3 is 2.24 bits per heavy atom. The average Bonchev–Trinajstić information content (AvgIpc) is 3.46. The molecule has 0 bridgehead atoms. The molecule has 7 nitrogen and oxygen atoms in total. The van der Waals surface area contributed by atoms with Crippen molar-refractivity contribution in [3.63, 3.8) is 0 Å². The van der Waals surface area contributed by atoms with Gasteiger partial charge in [0.1, 0.15) is 18.4 Å². The molecular formula is C31H35ClFN3O4S. The van der Waals surface area contributed by atoms with E-state index in [9.17, 15) is 22.4 Å². The standard InChI is InChI=1S/C31H35ClFN3O4S/c1-3-29(31(38)34-25-9-5-6-10-25)35(20-23-8-4-7-11-28(23)32)30(37)21-36(26-16-12-22(2)13-17-26)41(39,40)27-18-14-24(33)15-19-27/h4,7-8,11-19,25,29H,3,5-6,9-10,20-21H2,1-2H3,(H,34,38)/t29-/m0/s1. The summed E-state index contributed by atoms with van der Waals surface area (Å²) in [5.41, 5.74) is 1.82. The molecule has 10 heteroatoms. The number of rotatable bonds is 11. The zero-order chi connectivity index (χ0) is 29.6. The Kier molecular flexibility index (Phi) is 10.0. The van der Waals surface area contributed by atoms with E-state index < -0.39 is 34.3 Å². The van der Waals surface area contributed by atoms with Crippen molar-refractivity contribution in [1.82, 2.24) is 10.2 Å². The SMILES string of the molecule is CC[C@@H](C(=O)NC1CCCC1)N(Cc1ccccc1Cl)C(=O)CN(c1ccc(C)cc1)S(=O)(=O)c1ccc(F)cc1. The van der Waals surface area contributed by atoms with Gasteiger partial charge in [-0.2, -0.15) is 0 Å². The first-order chi connectivity index (χ1) is 19.6. The molecule has 0 radical (unpaired) electrons. The minimum Gasteiger partial charge on any atom is -0.352 e. The molecule has 1 aliphatic rings. The van der Waals surface area contributed by atoms with Gasteiger partial charge in [0, 0.05) is 17.6 Å². The van der Waals surface area contributed by atoms with Crippen molar-refractivity contribution in [2.24, 2.45) is 0 Å². The average molecular weight is 600 g/mol. The Bertz CT molecular complexity index is 1460. The summed E-state index contributed by atoms with van der Waals surface area (Å²) in [6.07, 6.45) is 4.17. The van der Waals surface area contributed by atoms with Crippen LogP contribution in [0.25, 0.3) is 0 Å². The van der Waals surface area contributed by atoms with E-state index in [4.69, 9.17) is 11.6 Å². The van der Waals surface area contributed by atoms with Crippen LogP contribution in [0.2, 0.25) is 5.02 Å². The molecule has 0 aromatic heterocycles. The molecule has 0 saturated heterocycles. The van der Waals surface area contributed by atoms with Gasteiger partial charge in [0.2, 0.25) is 11.8 Å². The molecule has 0 spiro atoms. The van der Waals surface area contributed by atoms with Crippen molar-refractivity contribution in [3.05, 3.63) is 94.8 Å². The summed E-state index contributed by atoms with van der Waals surface area (Å²) >= 11 is 6.44. The first-order valence-electron chi connectivity index (χ1n) is 13.8. The van der Waals surface area contributed by atoms with Crippen molar-refractivity contribution in [1.29, 1.82) is 0 Å². The fraction of sp³-hybridized carbons (Fsp3) is 0.355. The van der Waals surface area contributed by atoms with Gasteiger partial charge in [0.15, 0.2) is 0 Å². The van der Waals surface area contributed by atoms with Crippen LogP contribution in [0.3, 0.4) is 0 Å².